The highest BCUT2D eigenvalue weighted by Gasteiger charge is 2.25. The van der Waals surface area contributed by atoms with Crippen molar-refractivity contribution in [3.05, 3.63) is 34.9 Å². The minimum Gasteiger partial charge on any atom is -0.372 e. The Labute approximate surface area is 85.1 Å². The molecule has 1 aliphatic rings. The predicted octanol–water partition coefficient (Wildman–Crippen LogP) is 2.30. The summed E-state index contributed by atoms with van der Waals surface area (Å²) in [5.74, 6) is 0. The number of hydrogen-bond donors (Lipinski definition) is 1. The molecule has 1 aliphatic heterocycles. The van der Waals surface area contributed by atoms with Crippen LogP contribution in [-0.4, -0.2) is 6.10 Å². The molecule has 2 rings (SSSR count). The lowest BCUT2D eigenvalue weighted by Crippen LogP contribution is -2.33. The molecule has 2 nitrogen and oxygen atoms in total. The molecule has 76 valence electrons. The maximum atomic E-state index is 6.14. The number of hydrogen-bond acceptors (Lipinski definition) is 2. The molecule has 1 aromatic carbocycles. The van der Waals surface area contributed by atoms with E-state index in [0.29, 0.717) is 6.61 Å². The Kier molecular flexibility index (Phi) is 2.57. The molecule has 14 heavy (non-hydrogen) atoms. The molecule has 0 aromatic heterocycles. The van der Waals surface area contributed by atoms with E-state index in [1.165, 1.54) is 16.7 Å². The van der Waals surface area contributed by atoms with Crippen LogP contribution in [0.25, 0.3) is 0 Å². The van der Waals surface area contributed by atoms with Crippen LogP contribution in [0.15, 0.2) is 18.2 Å². The molecule has 0 spiro atoms. The van der Waals surface area contributed by atoms with Crippen molar-refractivity contribution in [2.45, 2.75) is 39.0 Å². The van der Waals surface area contributed by atoms with Crippen LogP contribution in [0.5, 0.6) is 0 Å². The molecule has 0 bridgehead atoms. The standard InChI is InChI=1S/C12H17NO/c1-3-11-12(13)10-6-8(2)4-5-9(10)7-14-11/h4-6,11-12H,3,7,13H2,1-2H3/t11?,12-/m0/s1. The molecule has 2 N–H and O–H groups in total. The van der Waals surface area contributed by atoms with Gasteiger partial charge in [-0.05, 0) is 24.5 Å². The van der Waals surface area contributed by atoms with Gasteiger partial charge in [0.2, 0.25) is 0 Å². The zero-order chi connectivity index (χ0) is 10.1. The Morgan fingerprint density at radius 3 is 3.00 bits per heavy atom. The average Bonchev–Trinajstić information content (AvgIpc) is 2.20. The van der Waals surface area contributed by atoms with Crippen molar-refractivity contribution in [2.75, 3.05) is 0 Å². The van der Waals surface area contributed by atoms with Crippen LogP contribution in [0.2, 0.25) is 0 Å². The van der Waals surface area contributed by atoms with E-state index in [1.807, 2.05) is 0 Å². The Morgan fingerprint density at radius 1 is 1.50 bits per heavy atom. The van der Waals surface area contributed by atoms with Crippen molar-refractivity contribution >= 4 is 0 Å². The molecule has 1 aromatic rings. The zero-order valence-corrected chi connectivity index (χ0v) is 8.79. The number of nitrogens with two attached hydrogens (primary N) is 1. The third-order valence-electron chi connectivity index (χ3n) is 2.92. The van der Waals surface area contributed by atoms with Gasteiger partial charge in [-0.1, -0.05) is 30.7 Å². The zero-order valence-electron chi connectivity index (χ0n) is 8.79. The van der Waals surface area contributed by atoms with Gasteiger partial charge in [0.25, 0.3) is 0 Å². The van der Waals surface area contributed by atoms with E-state index in [9.17, 15) is 0 Å². The van der Waals surface area contributed by atoms with Crippen molar-refractivity contribution in [1.29, 1.82) is 0 Å². The third kappa shape index (κ3) is 1.56. The fourth-order valence-corrected chi connectivity index (χ4v) is 2.03. The lowest BCUT2D eigenvalue weighted by Gasteiger charge is -2.30. The summed E-state index contributed by atoms with van der Waals surface area (Å²) in [5, 5.41) is 0. The molecule has 0 aliphatic carbocycles. The maximum Gasteiger partial charge on any atom is 0.0769 e. The van der Waals surface area contributed by atoms with E-state index < -0.39 is 0 Å². The van der Waals surface area contributed by atoms with E-state index in [2.05, 4.69) is 32.0 Å². The molecular formula is C12H17NO. The Morgan fingerprint density at radius 2 is 2.29 bits per heavy atom. The first kappa shape index (κ1) is 9.69. The first-order valence-corrected chi connectivity index (χ1v) is 5.19. The summed E-state index contributed by atoms with van der Waals surface area (Å²) in [5.41, 5.74) is 9.93. The molecule has 2 heteroatoms. The van der Waals surface area contributed by atoms with E-state index in [1.54, 1.807) is 0 Å². The van der Waals surface area contributed by atoms with Gasteiger partial charge in [-0.2, -0.15) is 0 Å². The summed E-state index contributed by atoms with van der Waals surface area (Å²) >= 11 is 0. The summed E-state index contributed by atoms with van der Waals surface area (Å²) < 4.78 is 5.68. The fraction of sp³-hybridized carbons (Fsp3) is 0.500. The number of benzene rings is 1. The second kappa shape index (κ2) is 3.71. The highest BCUT2D eigenvalue weighted by atomic mass is 16.5. The van der Waals surface area contributed by atoms with Crippen LogP contribution in [0.4, 0.5) is 0 Å². The number of ether oxygens (including phenoxy) is 1. The van der Waals surface area contributed by atoms with Crippen LogP contribution in [0.3, 0.4) is 0 Å². The molecule has 0 fully saturated rings. The van der Waals surface area contributed by atoms with E-state index in [0.717, 1.165) is 6.42 Å². The summed E-state index contributed by atoms with van der Waals surface area (Å²) in [7, 11) is 0. The summed E-state index contributed by atoms with van der Waals surface area (Å²) in [4.78, 5) is 0. The second-order valence-electron chi connectivity index (χ2n) is 3.99. The number of fused-ring (bicyclic) bond motifs is 1. The summed E-state index contributed by atoms with van der Waals surface area (Å²) in [6, 6.07) is 6.46. The average molecular weight is 191 g/mol. The van der Waals surface area contributed by atoms with Crippen molar-refractivity contribution in [1.82, 2.24) is 0 Å². The Balaban J connectivity index is 2.38. The van der Waals surface area contributed by atoms with E-state index in [-0.39, 0.29) is 12.1 Å². The van der Waals surface area contributed by atoms with Crippen LogP contribution in [0.1, 0.15) is 36.1 Å². The van der Waals surface area contributed by atoms with Crippen LogP contribution in [0, 0.1) is 6.92 Å². The molecule has 0 amide bonds. The smallest absolute Gasteiger partial charge is 0.0769 e. The summed E-state index contributed by atoms with van der Waals surface area (Å²) in [6.45, 7) is 4.93. The molecule has 1 heterocycles. The first-order chi connectivity index (χ1) is 6.72. The normalized spacial score (nSPS) is 25.9. The SMILES string of the molecule is CCC1OCc2ccc(C)cc2[C@@H]1N. The topological polar surface area (TPSA) is 35.2 Å². The molecule has 0 radical (unpaired) electrons. The van der Waals surface area contributed by atoms with Gasteiger partial charge in [0.1, 0.15) is 0 Å². The van der Waals surface area contributed by atoms with Crippen molar-refractivity contribution in [3.8, 4) is 0 Å². The number of rotatable bonds is 1. The largest absolute Gasteiger partial charge is 0.372 e. The van der Waals surface area contributed by atoms with Crippen molar-refractivity contribution in [3.63, 3.8) is 0 Å². The number of aryl methyl sites for hydroxylation is 1. The first-order valence-electron chi connectivity index (χ1n) is 5.19. The van der Waals surface area contributed by atoms with Crippen molar-refractivity contribution < 1.29 is 4.74 Å². The Bertz CT molecular complexity index is 335. The Hall–Kier alpha value is -0.860. The van der Waals surface area contributed by atoms with Gasteiger partial charge in [0.05, 0.1) is 18.8 Å². The van der Waals surface area contributed by atoms with Gasteiger partial charge >= 0.3 is 0 Å². The van der Waals surface area contributed by atoms with Crippen LogP contribution < -0.4 is 5.73 Å². The van der Waals surface area contributed by atoms with Gasteiger partial charge in [0, 0.05) is 0 Å². The second-order valence-corrected chi connectivity index (χ2v) is 3.99. The van der Waals surface area contributed by atoms with E-state index in [4.69, 9.17) is 10.5 Å². The quantitative estimate of drug-likeness (QED) is 0.739. The van der Waals surface area contributed by atoms with Crippen LogP contribution >= 0.6 is 0 Å². The van der Waals surface area contributed by atoms with Crippen LogP contribution in [-0.2, 0) is 11.3 Å². The molecular weight excluding hydrogens is 174 g/mol. The van der Waals surface area contributed by atoms with Gasteiger partial charge < -0.3 is 10.5 Å². The van der Waals surface area contributed by atoms with Gasteiger partial charge in [-0.25, -0.2) is 0 Å². The minimum absolute atomic E-state index is 0.0450. The fourth-order valence-electron chi connectivity index (χ4n) is 2.03. The molecule has 0 saturated carbocycles. The van der Waals surface area contributed by atoms with Gasteiger partial charge in [-0.15, -0.1) is 0 Å². The molecule has 2 atom stereocenters. The maximum absolute atomic E-state index is 6.14. The molecule has 1 unspecified atom stereocenters. The minimum atomic E-state index is 0.0450. The molecule has 0 saturated heterocycles. The van der Waals surface area contributed by atoms with Gasteiger partial charge in [0.15, 0.2) is 0 Å². The highest BCUT2D eigenvalue weighted by molar-refractivity contribution is 5.35. The third-order valence-corrected chi connectivity index (χ3v) is 2.92. The monoisotopic (exact) mass is 191 g/mol. The van der Waals surface area contributed by atoms with E-state index >= 15 is 0 Å². The van der Waals surface area contributed by atoms with Gasteiger partial charge in [-0.3, -0.25) is 0 Å². The lowest BCUT2D eigenvalue weighted by molar-refractivity contribution is 0.00678. The lowest BCUT2D eigenvalue weighted by atomic mass is 9.92. The predicted molar refractivity (Wildman–Crippen MR) is 57.0 cm³/mol. The van der Waals surface area contributed by atoms with Crippen molar-refractivity contribution in [2.24, 2.45) is 5.73 Å². The highest BCUT2D eigenvalue weighted by Crippen LogP contribution is 2.29. The summed E-state index contributed by atoms with van der Waals surface area (Å²) in [6.07, 6.45) is 1.17.